The molecular formula is H37Na27O5. The number of hydrogen-bond donors (Lipinski definition) is 0. The van der Waals surface area contributed by atoms with Gasteiger partial charge in [0.05, 0.1) is 0 Å². The van der Waals surface area contributed by atoms with Gasteiger partial charge in [-0.15, -0.1) is 0 Å². The Morgan fingerprint density at radius 1 is 0.0938 bits per heavy atom. The number of rotatable bonds is 0. The van der Waals surface area contributed by atoms with Gasteiger partial charge in [0, 0.05) is 0 Å². The van der Waals surface area contributed by atoms with Crippen molar-refractivity contribution in [3.8, 4) is 0 Å². The Bertz CT molecular complexity index is 78.7. The molecule has 0 fully saturated rings. The average molecular weight is 738 g/mol. The maximum Gasteiger partial charge on any atom is 1.00 e. The summed E-state index contributed by atoms with van der Waals surface area (Å²) in [5.74, 6) is 0. The zero-order chi connectivity index (χ0) is 0. The summed E-state index contributed by atoms with van der Waals surface area (Å²) >= 11 is 0. The summed E-state index contributed by atoms with van der Waals surface area (Å²) in [6.45, 7) is 0. The summed E-state index contributed by atoms with van der Waals surface area (Å²) < 4.78 is 0. The Labute approximate surface area is 836 Å². The molecule has 0 amide bonds. The first-order valence-corrected chi connectivity index (χ1v) is 0. The fraction of sp³-hybridized carbons (Fsp3) is 0. The van der Waals surface area contributed by atoms with Gasteiger partial charge in [-0.25, -0.2) is 0 Å². The second-order valence-corrected chi connectivity index (χ2v) is 0. The summed E-state index contributed by atoms with van der Waals surface area (Å²) in [4.78, 5) is 0. The van der Waals surface area contributed by atoms with Crippen LogP contribution in [-0.4, -0.2) is 27.4 Å². The Hall–Kier alpha value is 26.8. The molecule has 32 heavy (non-hydrogen) atoms. The van der Waals surface area contributed by atoms with E-state index in [9.17, 15) is 0 Å². The monoisotopic (exact) mass is 738 g/mol. The summed E-state index contributed by atoms with van der Waals surface area (Å²) in [6, 6.07) is 0. The molecule has 10 N–H and O–H groups in total. The van der Waals surface area contributed by atoms with Crippen LogP contribution in [0.4, 0.5) is 0 Å². The van der Waals surface area contributed by atoms with Gasteiger partial charge in [0.1, 0.15) is 0 Å². The standard InChI is InChI=1S/27Na.5H2O.27H/h;;;;;;;;;;;;;;;;;;;;;;;;;;;5*1H2;;;;;;;;;;;;;;;;;;;;;;;;;;;/q27*+1;;;;;;27*-1. The molecule has 0 bridgehead atoms. The minimum atomic E-state index is 0. The summed E-state index contributed by atoms with van der Waals surface area (Å²) in [5, 5.41) is 0. The van der Waals surface area contributed by atoms with Gasteiger partial charge in [0.2, 0.25) is 0 Å². The quantitative estimate of drug-likeness (QED) is 0.217. The molecule has 0 aliphatic rings. The molecule has 0 unspecified atom stereocenters. The average Bonchev–Trinajstić information content (AvgIpc) is 0. The predicted molar refractivity (Wildman–Crippen MR) is 48.1 cm³/mol. The van der Waals surface area contributed by atoms with Gasteiger partial charge in [-0.05, 0) is 0 Å². The van der Waals surface area contributed by atoms with Crippen LogP contribution < -0.4 is 798 Å². The molecule has 0 aromatic heterocycles. The first-order chi connectivity index (χ1) is 0. The molecule has 5 nitrogen and oxygen atoms in total. The minimum Gasteiger partial charge on any atom is -1.00 e. The Balaban J connectivity index is 0. The Kier molecular flexibility index (Phi) is 2220. The Morgan fingerprint density at radius 3 is 0.0938 bits per heavy atom. The molecule has 0 saturated heterocycles. The molecule has 0 spiro atoms. The molecule has 0 aliphatic heterocycles. The van der Waals surface area contributed by atoms with E-state index >= 15 is 0 Å². The van der Waals surface area contributed by atoms with Gasteiger partial charge in [-0.1, -0.05) is 0 Å². The van der Waals surface area contributed by atoms with E-state index in [4.69, 9.17) is 0 Å². The molecule has 0 heterocycles. The zero-order valence-corrected chi connectivity index (χ0v) is 83.5. The summed E-state index contributed by atoms with van der Waals surface area (Å²) in [5.41, 5.74) is 0. The molecule has 0 aromatic rings. The van der Waals surface area contributed by atoms with Gasteiger partial charge in [-0.2, -0.15) is 0 Å². The molecule has 0 aliphatic carbocycles. The van der Waals surface area contributed by atoms with E-state index in [0.717, 1.165) is 0 Å². The van der Waals surface area contributed by atoms with Crippen LogP contribution in [0.1, 0.15) is 38.5 Å². The van der Waals surface area contributed by atoms with Gasteiger partial charge in [-0.3, -0.25) is 0 Å². The first kappa shape index (κ1) is 274. The van der Waals surface area contributed by atoms with Crippen molar-refractivity contribution >= 4 is 0 Å². The van der Waals surface area contributed by atoms with E-state index in [-0.39, 0.29) is 864 Å². The second kappa shape index (κ2) is 260. The topological polar surface area (TPSA) is 158 Å². The fourth-order valence-electron chi connectivity index (χ4n) is 0. The molecular weight excluding hydrogens is 701 g/mol. The predicted octanol–water partition coefficient (Wildman–Crippen LogP) is -82.0. The summed E-state index contributed by atoms with van der Waals surface area (Å²) in [6.07, 6.45) is 0. The van der Waals surface area contributed by atoms with E-state index in [2.05, 4.69) is 0 Å². The van der Waals surface area contributed by atoms with Crippen LogP contribution in [0.25, 0.3) is 0 Å². The van der Waals surface area contributed by atoms with E-state index in [1.54, 1.807) is 0 Å². The van der Waals surface area contributed by atoms with Crippen molar-refractivity contribution in [2.24, 2.45) is 0 Å². The molecule has 94 valence electrons. The van der Waals surface area contributed by atoms with E-state index in [0.29, 0.717) is 0 Å². The van der Waals surface area contributed by atoms with Gasteiger partial charge < -0.3 is 65.9 Å². The molecule has 32 heteroatoms. The van der Waals surface area contributed by atoms with E-state index in [1.165, 1.54) is 0 Å². The fourth-order valence-corrected chi connectivity index (χ4v) is 0. The minimum absolute atomic E-state index is 0. The van der Waals surface area contributed by atoms with Crippen LogP contribution in [0, 0.1) is 0 Å². The van der Waals surface area contributed by atoms with Gasteiger partial charge in [0.15, 0.2) is 0 Å². The summed E-state index contributed by atoms with van der Waals surface area (Å²) in [7, 11) is 0. The van der Waals surface area contributed by atoms with Crippen molar-refractivity contribution in [1.29, 1.82) is 0 Å². The zero-order valence-electron chi connectivity index (χ0n) is 56.5. The van der Waals surface area contributed by atoms with Crippen molar-refractivity contribution in [2.75, 3.05) is 0 Å². The van der Waals surface area contributed by atoms with Gasteiger partial charge >= 0.3 is 798 Å². The van der Waals surface area contributed by atoms with Crippen LogP contribution in [-0.2, 0) is 0 Å². The van der Waals surface area contributed by atoms with Gasteiger partial charge in [0.25, 0.3) is 0 Å². The van der Waals surface area contributed by atoms with E-state index in [1.807, 2.05) is 0 Å². The van der Waals surface area contributed by atoms with Crippen molar-refractivity contribution in [3.05, 3.63) is 0 Å². The van der Waals surface area contributed by atoms with Crippen LogP contribution in [0.5, 0.6) is 0 Å². The largest absolute Gasteiger partial charge is 1.00 e. The molecule has 0 rings (SSSR count). The van der Waals surface area contributed by atoms with Crippen LogP contribution in [0.15, 0.2) is 0 Å². The Morgan fingerprint density at radius 2 is 0.0938 bits per heavy atom. The third kappa shape index (κ3) is 246. The first-order valence-electron chi connectivity index (χ1n) is 0. The molecule has 0 atom stereocenters. The maximum atomic E-state index is 0. The maximum absolute atomic E-state index is 0. The molecule has 0 saturated carbocycles. The third-order valence-corrected chi connectivity index (χ3v) is 0. The molecule has 0 aromatic carbocycles. The van der Waals surface area contributed by atoms with Crippen LogP contribution in [0.3, 0.4) is 0 Å². The SMILES string of the molecule is O.O.O.O.O.[H-].[H-].[H-].[H-].[H-].[H-].[H-].[H-].[H-].[H-].[H-].[H-].[H-].[H-].[H-].[H-].[H-].[H-].[H-].[H-].[H-].[H-].[H-].[H-].[H-].[H-].[H-].[Na+].[Na+].[Na+].[Na+].[Na+].[Na+].[Na+].[Na+].[Na+].[Na+].[Na+].[Na+].[Na+].[Na+].[Na+].[Na+].[Na+].[Na+].[Na+].[Na+].[Na+].[Na+].[Na+].[Na+].[Na+].[Na+].[Na+]. The van der Waals surface area contributed by atoms with E-state index < -0.39 is 0 Å². The second-order valence-electron chi connectivity index (χ2n) is 0. The van der Waals surface area contributed by atoms with Crippen molar-refractivity contribution in [1.82, 2.24) is 0 Å². The smallest absolute Gasteiger partial charge is 1.00 e. The van der Waals surface area contributed by atoms with Crippen molar-refractivity contribution in [3.63, 3.8) is 0 Å². The number of hydrogen-bond acceptors (Lipinski definition) is 0. The van der Waals surface area contributed by atoms with Crippen molar-refractivity contribution in [2.45, 2.75) is 0 Å². The van der Waals surface area contributed by atoms with Crippen LogP contribution in [0.2, 0.25) is 0 Å². The van der Waals surface area contributed by atoms with Crippen molar-refractivity contribution < 1.29 is 864 Å². The normalized spacial score (nSPS) is 0. The third-order valence-electron chi connectivity index (χ3n) is 0. The van der Waals surface area contributed by atoms with Crippen LogP contribution >= 0.6 is 0 Å². The molecule has 0 radical (unpaired) electrons.